The summed E-state index contributed by atoms with van der Waals surface area (Å²) in [5, 5.41) is 3.44. The van der Waals surface area contributed by atoms with Crippen LogP contribution in [-0.4, -0.2) is 7.05 Å². The predicted octanol–water partition coefficient (Wildman–Crippen LogP) is 4.38. The smallest absolute Gasteiger partial charge is 0.0320 e. The summed E-state index contributed by atoms with van der Waals surface area (Å²) in [7, 11) is 2.06. The highest BCUT2D eigenvalue weighted by molar-refractivity contribution is 14.1. The topological polar surface area (TPSA) is 12.0 Å². The quantitative estimate of drug-likeness (QED) is 0.763. The Kier molecular flexibility index (Phi) is 6.36. The summed E-state index contributed by atoms with van der Waals surface area (Å²) in [4.78, 5) is 0. The first-order chi connectivity index (χ1) is 7.71. The third kappa shape index (κ3) is 4.06. The normalized spacial score (nSPS) is 13.1. The molecule has 0 amide bonds. The number of benzene rings is 1. The van der Waals surface area contributed by atoms with Crippen LogP contribution < -0.4 is 5.32 Å². The van der Waals surface area contributed by atoms with Gasteiger partial charge in [0.15, 0.2) is 0 Å². The minimum absolute atomic E-state index is 0.500. The second-order valence-corrected chi connectivity index (χ2v) is 5.56. The average Bonchev–Trinajstić information content (AvgIpc) is 2.31. The van der Waals surface area contributed by atoms with Gasteiger partial charge in [-0.3, -0.25) is 0 Å². The van der Waals surface area contributed by atoms with E-state index in [1.807, 2.05) is 0 Å². The molecule has 0 aliphatic rings. The Balaban J connectivity index is 2.74. The van der Waals surface area contributed by atoms with Crippen molar-refractivity contribution in [1.82, 2.24) is 5.32 Å². The Morgan fingerprint density at radius 3 is 2.44 bits per heavy atom. The maximum atomic E-state index is 3.44. The third-order valence-corrected chi connectivity index (χ3v) is 3.99. The van der Waals surface area contributed by atoms with Crippen LogP contribution in [0.5, 0.6) is 0 Å². The van der Waals surface area contributed by atoms with E-state index in [0.29, 0.717) is 6.04 Å². The first-order valence-electron chi connectivity index (χ1n) is 6.13. The molecule has 0 fully saturated rings. The van der Waals surface area contributed by atoms with Crippen molar-refractivity contribution >= 4 is 22.6 Å². The van der Waals surface area contributed by atoms with Crippen LogP contribution in [0.2, 0.25) is 0 Å². The van der Waals surface area contributed by atoms with Gasteiger partial charge in [-0.1, -0.05) is 38.8 Å². The molecule has 0 aromatic heterocycles. The van der Waals surface area contributed by atoms with Crippen molar-refractivity contribution < 1.29 is 0 Å². The average molecular weight is 331 g/mol. The van der Waals surface area contributed by atoms with Crippen LogP contribution in [0.25, 0.3) is 0 Å². The van der Waals surface area contributed by atoms with E-state index in [4.69, 9.17) is 0 Å². The third-order valence-electron chi connectivity index (χ3n) is 3.32. The second kappa shape index (κ2) is 7.28. The van der Waals surface area contributed by atoms with Gasteiger partial charge in [0.1, 0.15) is 0 Å². The molecule has 1 nitrogen and oxygen atoms in total. The number of rotatable bonds is 6. The molecule has 0 radical (unpaired) electrons. The lowest BCUT2D eigenvalue weighted by Crippen LogP contribution is -2.19. The van der Waals surface area contributed by atoms with E-state index in [-0.39, 0.29) is 0 Å². The Hall–Kier alpha value is -0.0900. The molecule has 90 valence electrons. The van der Waals surface area contributed by atoms with Gasteiger partial charge >= 0.3 is 0 Å². The number of nitrogens with one attached hydrogen (secondary N) is 1. The number of hydrogen-bond donors (Lipinski definition) is 1. The van der Waals surface area contributed by atoms with E-state index in [9.17, 15) is 0 Å². The van der Waals surface area contributed by atoms with Gasteiger partial charge in [-0.25, -0.2) is 0 Å². The van der Waals surface area contributed by atoms with E-state index in [2.05, 4.69) is 73.1 Å². The van der Waals surface area contributed by atoms with Gasteiger partial charge in [0, 0.05) is 9.61 Å². The molecule has 1 aromatic rings. The molecule has 0 saturated heterocycles. The van der Waals surface area contributed by atoms with Gasteiger partial charge in [-0.2, -0.15) is 0 Å². The highest BCUT2D eigenvalue weighted by Gasteiger charge is 2.14. The molecule has 1 unspecified atom stereocenters. The number of halogens is 1. The summed E-state index contributed by atoms with van der Waals surface area (Å²) >= 11 is 2.38. The summed E-state index contributed by atoms with van der Waals surface area (Å²) in [6.45, 7) is 4.57. The molecule has 1 atom stereocenters. The first-order valence-corrected chi connectivity index (χ1v) is 7.21. The monoisotopic (exact) mass is 331 g/mol. The largest absolute Gasteiger partial charge is 0.313 e. The maximum Gasteiger partial charge on any atom is 0.0320 e. The number of hydrogen-bond acceptors (Lipinski definition) is 1. The van der Waals surface area contributed by atoms with Gasteiger partial charge in [-0.05, 0) is 59.7 Å². The van der Waals surface area contributed by atoms with Gasteiger partial charge in [0.05, 0.1) is 0 Å². The van der Waals surface area contributed by atoms with Gasteiger partial charge in [0.25, 0.3) is 0 Å². The maximum absolute atomic E-state index is 3.44. The molecule has 0 spiro atoms. The van der Waals surface area contributed by atoms with Crippen molar-refractivity contribution in [1.29, 1.82) is 0 Å². The van der Waals surface area contributed by atoms with Crippen molar-refractivity contribution in [3.05, 3.63) is 33.4 Å². The molecule has 16 heavy (non-hydrogen) atoms. The van der Waals surface area contributed by atoms with Gasteiger partial charge < -0.3 is 5.32 Å². The molecule has 1 aromatic carbocycles. The zero-order valence-electron chi connectivity index (χ0n) is 10.5. The fraction of sp³-hybridized carbons (Fsp3) is 0.571. The van der Waals surface area contributed by atoms with E-state index in [1.54, 1.807) is 0 Å². The van der Waals surface area contributed by atoms with Crippen molar-refractivity contribution in [2.45, 2.75) is 39.2 Å². The lowest BCUT2D eigenvalue weighted by Gasteiger charge is -2.22. The fourth-order valence-electron chi connectivity index (χ4n) is 2.10. The summed E-state index contributed by atoms with van der Waals surface area (Å²) in [6.07, 6.45) is 3.79. The standard InChI is InChI=1S/C14H22IN/c1-4-11(5-2)9-14(16-3)12-7-6-8-13(15)10-12/h6-8,10-11,14,16H,4-5,9H2,1-3H3. The molecular weight excluding hydrogens is 309 g/mol. The Bertz CT molecular complexity index is 307. The zero-order chi connectivity index (χ0) is 12.0. The van der Waals surface area contributed by atoms with Crippen molar-refractivity contribution in [3.8, 4) is 0 Å². The SMILES string of the molecule is CCC(CC)CC(NC)c1cccc(I)c1. The Morgan fingerprint density at radius 2 is 1.94 bits per heavy atom. The minimum atomic E-state index is 0.500. The highest BCUT2D eigenvalue weighted by Crippen LogP contribution is 2.25. The summed E-state index contributed by atoms with van der Waals surface area (Å²) in [5.74, 6) is 0.829. The molecule has 0 saturated carbocycles. The Labute approximate surface area is 113 Å². The highest BCUT2D eigenvalue weighted by atomic mass is 127. The molecule has 0 bridgehead atoms. The molecule has 0 heterocycles. The zero-order valence-corrected chi connectivity index (χ0v) is 12.6. The van der Waals surface area contributed by atoms with Gasteiger partial charge in [-0.15, -0.1) is 0 Å². The predicted molar refractivity (Wildman–Crippen MR) is 79.6 cm³/mol. The summed E-state index contributed by atoms with van der Waals surface area (Å²) in [5.41, 5.74) is 1.42. The van der Waals surface area contributed by atoms with Crippen LogP contribution in [0.3, 0.4) is 0 Å². The van der Waals surface area contributed by atoms with Crippen LogP contribution in [0.4, 0.5) is 0 Å². The molecule has 0 aliphatic heterocycles. The molecular formula is C14H22IN. The fourth-order valence-corrected chi connectivity index (χ4v) is 2.67. The van der Waals surface area contributed by atoms with E-state index >= 15 is 0 Å². The van der Waals surface area contributed by atoms with Gasteiger partial charge in [0.2, 0.25) is 0 Å². The lowest BCUT2D eigenvalue weighted by molar-refractivity contribution is 0.385. The summed E-state index contributed by atoms with van der Waals surface area (Å²) < 4.78 is 1.32. The molecule has 1 N–H and O–H groups in total. The van der Waals surface area contributed by atoms with E-state index in [1.165, 1.54) is 28.4 Å². The van der Waals surface area contributed by atoms with Crippen LogP contribution in [0, 0.1) is 9.49 Å². The van der Waals surface area contributed by atoms with Crippen LogP contribution in [-0.2, 0) is 0 Å². The Morgan fingerprint density at radius 1 is 1.25 bits per heavy atom. The van der Waals surface area contributed by atoms with E-state index < -0.39 is 0 Å². The van der Waals surface area contributed by atoms with Crippen molar-refractivity contribution in [2.24, 2.45) is 5.92 Å². The minimum Gasteiger partial charge on any atom is -0.313 e. The van der Waals surface area contributed by atoms with Crippen LogP contribution in [0.15, 0.2) is 24.3 Å². The second-order valence-electron chi connectivity index (χ2n) is 4.31. The molecule has 1 rings (SSSR count). The van der Waals surface area contributed by atoms with Crippen LogP contribution >= 0.6 is 22.6 Å². The van der Waals surface area contributed by atoms with Crippen LogP contribution in [0.1, 0.15) is 44.7 Å². The summed E-state index contributed by atoms with van der Waals surface area (Å²) in [6, 6.07) is 9.30. The molecule has 0 aliphatic carbocycles. The van der Waals surface area contributed by atoms with Crippen molar-refractivity contribution in [2.75, 3.05) is 7.05 Å². The van der Waals surface area contributed by atoms with Crippen molar-refractivity contribution in [3.63, 3.8) is 0 Å². The lowest BCUT2D eigenvalue weighted by atomic mass is 9.91. The first kappa shape index (κ1) is 14.0. The molecule has 2 heteroatoms. The van der Waals surface area contributed by atoms with E-state index in [0.717, 1.165) is 5.92 Å².